The number of nitrogens with one attached hydrogen (secondary N) is 4. The number of thiophene rings is 1. The summed E-state index contributed by atoms with van der Waals surface area (Å²) in [7, 11) is 1.28. The second kappa shape index (κ2) is 10.1. The van der Waals surface area contributed by atoms with Crippen molar-refractivity contribution in [1.82, 2.24) is 10.6 Å². The number of benzene rings is 1. The molecule has 28 heavy (non-hydrogen) atoms. The summed E-state index contributed by atoms with van der Waals surface area (Å²) in [5.41, 5.74) is 6.85. The first-order valence-electron chi connectivity index (χ1n) is 8.26. The zero-order valence-electron chi connectivity index (χ0n) is 15.2. The average Bonchev–Trinajstić information content (AvgIpc) is 3.20. The van der Waals surface area contributed by atoms with Gasteiger partial charge in [0.05, 0.1) is 26.1 Å². The number of nitrogens with two attached hydrogens (primary N) is 1. The number of anilines is 1. The van der Waals surface area contributed by atoms with E-state index in [1.165, 1.54) is 24.5 Å². The molecule has 0 bridgehead atoms. The molecule has 0 aliphatic heterocycles. The van der Waals surface area contributed by atoms with Gasteiger partial charge < -0.3 is 26.4 Å². The Balaban J connectivity index is 1.93. The Labute approximate surface area is 165 Å². The molecule has 0 aliphatic carbocycles. The smallest absolute Gasteiger partial charge is 0.307 e. The Kier molecular flexibility index (Phi) is 7.52. The minimum absolute atomic E-state index is 0.00825. The molecule has 2 rings (SSSR count). The summed E-state index contributed by atoms with van der Waals surface area (Å²) in [5, 5.41) is 18.7. The summed E-state index contributed by atoms with van der Waals surface area (Å²) in [4.78, 5) is 36.1. The number of guanidine groups is 1. The monoisotopic (exact) mass is 403 g/mol. The molecule has 1 aromatic heterocycles. The lowest BCUT2D eigenvalue weighted by molar-refractivity contribution is -0.141. The van der Waals surface area contributed by atoms with Gasteiger partial charge in [-0.05, 0) is 40.6 Å². The van der Waals surface area contributed by atoms with Gasteiger partial charge in [-0.1, -0.05) is 6.07 Å². The van der Waals surface area contributed by atoms with Crippen molar-refractivity contribution in [3.8, 4) is 0 Å². The van der Waals surface area contributed by atoms with Crippen LogP contribution in [0, 0.1) is 5.41 Å². The molecule has 6 N–H and O–H groups in total. The average molecular weight is 403 g/mol. The molecule has 1 aromatic carbocycles. The van der Waals surface area contributed by atoms with Crippen LogP contribution < -0.4 is 21.7 Å². The molecule has 2 aromatic rings. The van der Waals surface area contributed by atoms with Gasteiger partial charge in [-0.2, -0.15) is 11.3 Å². The maximum atomic E-state index is 12.2. The third-order valence-corrected chi connectivity index (χ3v) is 4.39. The molecule has 148 valence electrons. The number of methoxy groups -OCH3 is 1. The third-order valence-electron chi connectivity index (χ3n) is 3.69. The third kappa shape index (κ3) is 6.40. The highest BCUT2D eigenvalue weighted by Gasteiger charge is 2.19. The fourth-order valence-electron chi connectivity index (χ4n) is 2.38. The van der Waals surface area contributed by atoms with Gasteiger partial charge in [-0.25, -0.2) is 0 Å². The Bertz CT molecular complexity index is 853. The van der Waals surface area contributed by atoms with Crippen LogP contribution in [0.4, 0.5) is 5.69 Å². The zero-order chi connectivity index (χ0) is 20.5. The predicted molar refractivity (Wildman–Crippen MR) is 106 cm³/mol. The molecule has 1 atom stereocenters. The number of rotatable bonds is 8. The number of amides is 2. The Morgan fingerprint density at radius 2 is 2.07 bits per heavy atom. The largest absolute Gasteiger partial charge is 0.469 e. The van der Waals surface area contributed by atoms with E-state index in [2.05, 4.69) is 20.7 Å². The maximum absolute atomic E-state index is 12.2. The molecule has 1 heterocycles. The van der Waals surface area contributed by atoms with Gasteiger partial charge in [-0.15, -0.1) is 0 Å². The van der Waals surface area contributed by atoms with Crippen molar-refractivity contribution in [2.45, 2.75) is 12.5 Å². The van der Waals surface area contributed by atoms with Crippen LogP contribution in [0.1, 0.15) is 28.4 Å². The van der Waals surface area contributed by atoms with E-state index in [-0.39, 0.29) is 18.9 Å². The number of esters is 1. The van der Waals surface area contributed by atoms with E-state index in [9.17, 15) is 14.4 Å². The van der Waals surface area contributed by atoms with Crippen LogP contribution in [0.5, 0.6) is 0 Å². The van der Waals surface area contributed by atoms with Gasteiger partial charge in [-0.3, -0.25) is 19.8 Å². The van der Waals surface area contributed by atoms with Crippen LogP contribution in [-0.4, -0.2) is 37.4 Å². The van der Waals surface area contributed by atoms with E-state index in [1.807, 2.05) is 16.8 Å². The summed E-state index contributed by atoms with van der Waals surface area (Å²) < 4.78 is 4.67. The Morgan fingerprint density at radius 3 is 2.71 bits per heavy atom. The lowest BCUT2D eigenvalue weighted by Gasteiger charge is -2.17. The second-order valence-electron chi connectivity index (χ2n) is 5.76. The second-order valence-corrected chi connectivity index (χ2v) is 6.54. The molecule has 0 spiro atoms. The van der Waals surface area contributed by atoms with Crippen LogP contribution in [0.3, 0.4) is 0 Å². The first kappa shape index (κ1) is 20.9. The van der Waals surface area contributed by atoms with E-state index >= 15 is 0 Å². The van der Waals surface area contributed by atoms with Gasteiger partial charge in [0, 0.05) is 11.3 Å². The quantitative estimate of drug-likeness (QED) is 0.254. The van der Waals surface area contributed by atoms with Crippen molar-refractivity contribution >= 4 is 40.8 Å². The lowest BCUT2D eigenvalue weighted by atomic mass is 10.1. The molecule has 10 heteroatoms. The van der Waals surface area contributed by atoms with E-state index in [0.717, 1.165) is 5.56 Å². The van der Waals surface area contributed by atoms with Gasteiger partial charge in [0.15, 0.2) is 5.96 Å². The number of hydrogen-bond acceptors (Lipinski definition) is 6. The van der Waals surface area contributed by atoms with Crippen molar-refractivity contribution in [2.24, 2.45) is 5.73 Å². The van der Waals surface area contributed by atoms with Gasteiger partial charge in [0.1, 0.15) is 0 Å². The lowest BCUT2D eigenvalue weighted by Crippen LogP contribution is -2.39. The highest BCUT2D eigenvalue weighted by atomic mass is 32.1. The van der Waals surface area contributed by atoms with E-state index in [4.69, 9.17) is 11.1 Å². The minimum atomic E-state index is -0.536. The standard InChI is InChI=1S/C18H21N5O4S/c1-27-16(25)8-14(12-5-6-28-10-12)23-15(24)9-21-17(26)11-3-2-4-13(7-11)22-18(19)20/h2-7,10,14H,8-9H2,1H3,(H,21,26)(H,23,24)(H4,19,20,22). The van der Waals surface area contributed by atoms with Gasteiger partial charge >= 0.3 is 5.97 Å². The number of carbonyl (C=O) groups is 3. The number of hydrogen-bond donors (Lipinski definition) is 5. The fourth-order valence-corrected chi connectivity index (χ4v) is 3.09. The predicted octanol–water partition coefficient (Wildman–Crippen LogP) is 1.20. The highest BCUT2D eigenvalue weighted by Crippen LogP contribution is 2.20. The molecule has 2 amide bonds. The first-order valence-corrected chi connectivity index (χ1v) is 9.21. The topological polar surface area (TPSA) is 146 Å². The summed E-state index contributed by atoms with van der Waals surface area (Å²) in [6, 6.07) is 7.65. The molecule has 9 nitrogen and oxygen atoms in total. The maximum Gasteiger partial charge on any atom is 0.307 e. The van der Waals surface area contributed by atoms with Crippen LogP contribution in [0.2, 0.25) is 0 Å². The molecule has 0 fully saturated rings. The summed E-state index contributed by atoms with van der Waals surface area (Å²) in [5.74, 6) is -1.59. The van der Waals surface area contributed by atoms with Crippen molar-refractivity contribution in [1.29, 1.82) is 5.41 Å². The van der Waals surface area contributed by atoms with Crippen molar-refractivity contribution in [3.63, 3.8) is 0 Å². The Hall–Kier alpha value is -3.40. The van der Waals surface area contributed by atoms with Crippen molar-refractivity contribution in [3.05, 3.63) is 52.2 Å². The van der Waals surface area contributed by atoms with Crippen LogP contribution >= 0.6 is 11.3 Å². The summed E-state index contributed by atoms with van der Waals surface area (Å²) in [6.45, 7) is -0.259. The first-order chi connectivity index (χ1) is 13.4. The van der Waals surface area contributed by atoms with Gasteiger partial charge in [0.25, 0.3) is 5.91 Å². The molecule has 1 unspecified atom stereocenters. The van der Waals surface area contributed by atoms with E-state index in [1.54, 1.807) is 18.2 Å². The van der Waals surface area contributed by atoms with Crippen LogP contribution in [0.15, 0.2) is 41.1 Å². The molecule has 0 saturated heterocycles. The van der Waals surface area contributed by atoms with Crippen LogP contribution in [0.25, 0.3) is 0 Å². The summed E-state index contributed by atoms with van der Waals surface area (Å²) >= 11 is 1.45. The molecular weight excluding hydrogens is 382 g/mol. The number of carbonyl (C=O) groups excluding carboxylic acids is 3. The van der Waals surface area contributed by atoms with E-state index < -0.39 is 23.8 Å². The fraction of sp³-hybridized carbons (Fsp3) is 0.222. The Morgan fingerprint density at radius 1 is 1.29 bits per heavy atom. The van der Waals surface area contributed by atoms with Gasteiger partial charge in [0.2, 0.25) is 5.91 Å². The summed E-state index contributed by atoms with van der Waals surface area (Å²) in [6.07, 6.45) is -0.00825. The minimum Gasteiger partial charge on any atom is -0.469 e. The normalized spacial score (nSPS) is 11.2. The number of ether oxygens (including phenoxy) is 1. The highest BCUT2D eigenvalue weighted by molar-refractivity contribution is 7.08. The zero-order valence-corrected chi connectivity index (χ0v) is 16.0. The van der Waals surface area contributed by atoms with Crippen molar-refractivity contribution in [2.75, 3.05) is 19.0 Å². The molecule has 0 radical (unpaired) electrons. The van der Waals surface area contributed by atoms with E-state index in [0.29, 0.717) is 11.3 Å². The molecule has 0 aliphatic rings. The molecular formula is C18H21N5O4S. The molecule has 0 saturated carbocycles. The van der Waals surface area contributed by atoms with Crippen LogP contribution in [-0.2, 0) is 14.3 Å². The SMILES string of the molecule is COC(=O)CC(NC(=O)CNC(=O)c1cccc(NC(=N)N)c1)c1ccsc1. The van der Waals surface area contributed by atoms with Crippen molar-refractivity contribution < 1.29 is 19.1 Å².